The Labute approximate surface area is 154 Å². The highest BCUT2D eigenvalue weighted by atomic mass is 16.6. The molecule has 3 aliphatic rings. The molecule has 5 atom stereocenters. The van der Waals surface area contributed by atoms with Crippen molar-refractivity contribution in [2.24, 2.45) is 20.7 Å². The maximum atomic E-state index is 12.0. The third-order valence-electron chi connectivity index (χ3n) is 4.12. The molecule has 12 heteroatoms. The Hall–Kier alpha value is -2.86. The number of carbonyl (C=O) groups is 3. The number of guanidine groups is 1. The van der Waals surface area contributed by atoms with E-state index in [-0.39, 0.29) is 18.4 Å². The van der Waals surface area contributed by atoms with E-state index in [0.717, 1.165) is 0 Å². The van der Waals surface area contributed by atoms with Crippen molar-refractivity contribution < 1.29 is 33.3 Å². The molecule has 3 rings (SSSR count). The molecule has 0 bridgehead atoms. The lowest BCUT2D eigenvalue weighted by atomic mass is 10.1. The molecule has 1 fully saturated rings. The summed E-state index contributed by atoms with van der Waals surface area (Å²) < 4.78 is 21.7. The lowest BCUT2D eigenvalue weighted by Crippen LogP contribution is -2.50. The van der Waals surface area contributed by atoms with Crippen LogP contribution >= 0.6 is 0 Å². The predicted molar refractivity (Wildman–Crippen MR) is 89.8 cm³/mol. The van der Waals surface area contributed by atoms with Gasteiger partial charge in [-0.25, -0.2) is 0 Å². The second kappa shape index (κ2) is 7.40. The number of esters is 2. The molecule has 1 amide bonds. The largest absolute Gasteiger partial charge is 0.463 e. The highest BCUT2D eigenvalue weighted by molar-refractivity contribution is 6.21. The molecule has 0 aromatic carbocycles. The summed E-state index contributed by atoms with van der Waals surface area (Å²) in [5, 5.41) is 0. The van der Waals surface area contributed by atoms with Gasteiger partial charge >= 0.3 is 11.9 Å². The molecule has 1 saturated heterocycles. The normalized spacial score (nSPS) is 32.0. The van der Waals surface area contributed by atoms with Gasteiger partial charge in [0, 0.05) is 21.0 Å². The first-order valence-corrected chi connectivity index (χ1v) is 8.09. The molecule has 27 heavy (non-hydrogen) atoms. The van der Waals surface area contributed by atoms with Gasteiger partial charge in [-0.05, 0) is 0 Å². The number of amides is 1. The van der Waals surface area contributed by atoms with Gasteiger partial charge in [-0.2, -0.15) is 9.98 Å². The monoisotopic (exact) mass is 381 g/mol. The number of fused-ring (bicyclic) bond motifs is 1. The topological polar surface area (TPSA) is 154 Å². The third kappa shape index (κ3) is 3.66. The van der Waals surface area contributed by atoms with E-state index in [1.54, 1.807) is 0 Å². The van der Waals surface area contributed by atoms with Crippen LogP contribution in [0.2, 0.25) is 0 Å². The first kappa shape index (κ1) is 18.9. The fraction of sp³-hybridized carbons (Fsp3) is 0.600. The minimum absolute atomic E-state index is 0.106. The molecule has 0 radical (unpaired) electrons. The molecule has 0 saturated carbocycles. The van der Waals surface area contributed by atoms with E-state index >= 15 is 0 Å². The summed E-state index contributed by atoms with van der Waals surface area (Å²) in [4.78, 5) is 47.8. The molecule has 3 heterocycles. The van der Waals surface area contributed by atoms with Crippen LogP contribution in [0, 0.1) is 0 Å². The zero-order chi connectivity index (χ0) is 19.7. The molecule has 0 aliphatic carbocycles. The Morgan fingerprint density at radius 1 is 1.26 bits per heavy atom. The van der Waals surface area contributed by atoms with Crippen molar-refractivity contribution >= 4 is 36.0 Å². The smallest absolute Gasteiger partial charge is 0.303 e. The van der Waals surface area contributed by atoms with Crippen molar-refractivity contribution in [2.75, 3.05) is 13.7 Å². The highest BCUT2D eigenvalue weighted by Crippen LogP contribution is 2.31. The van der Waals surface area contributed by atoms with Gasteiger partial charge in [0.05, 0.1) is 6.34 Å². The first-order valence-electron chi connectivity index (χ1n) is 8.09. The van der Waals surface area contributed by atoms with Crippen LogP contribution in [-0.4, -0.2) is 85.2 Å². The molecular weight excluding hydrogens is 362 g/mol. The number of carbonyl (C=O) groups excluding carboxylic acids is 3. The fourth-order valence-corrected chi connectivity index (χ4v) is 3.08. The quantitative estimate of drug-likeness (QED) is 0.542. The number of aliphatic imine (C=N–C) groups is 3. The molecule has 0 spiro atoms. The fourth-order valence-electron chi connectivity index (χ4n) is 3.08. The maximum Gasteiger partial charge on any atom is 0.303 e. The van der Waals surface area contributed by atoms with Gasteiger partial charge in [0.2, 0.25) is 5.96 Å². The Kier molecular flexibility index (Phi) is 5.19. The van der Waals surface area contributed by atoms with E-state index < -0.39 is 48.4 Å². The highest BCUT2D eigenvalue weighted by Gasteiger charge is 2.53. The van der Waals surface area contributed by atoms with Gasteiger partial charge < -0.3 is 24.7 Å². The number of nitrogens with zero attached hydrogens (tertiary/aromatic N) is 4. The molecular formula is C15H19N5O7. The van der Waals surface area contributed by atoms with Gasteiger partial charge in [0.25, 0.3) is 5.91 Å². The summed E-state index contributed by atoms with van der Waals surface area (Å²) in [5.41, 5.74) is 5.57. The van der Waals surface area contributed by atoms with E-state index in [4.69, 9.17) is 24.7 Å². The summed E-state index contributed by atoms with van der Waals surface area (Å²) in [5.74, 6) is -1.60. The molecule has 12 nitrogen and oxygen atoms in total. The molecule has 0 aromatic heterocycles. The van der Waals surface area contributed by atoms with Crippen molar-refractivity contribution in [3.63, 3.8) is 0 Å². The second-order valence-electron chi connectivity index (χ2n) is 5.99. The van der Waals surface area contributed by atoms with Gasteiger partial charge in [-0.3, -0.25) is 24.3 Å². The Morgan fingerprint density at radius 3 is 2.63 bits per heavy atom. The van der Waals surface area contributed by atoms with Crippen LogP contribution in [0.3, 0.4) is 0 Å². The number of nitrogens with two attached hydrogens (primary N) is 1. The van der Waals surface area contributed by atoms with Gasteiger partial charge in [0.15, 0.2) is 24.2 Å². The molecule has 1 unspecified atom stereocenters. The van der Waals surface area contributed by atoms with Crippen molar-refractivity contribution in [1.29, 1.82) is 0 Å². The molecule has 0 aromatic rings. The zero-order valence-electron chi connectivity index (χ0n) is 14.9. The zero-order valence-corrected chi connectivity index (χ0v) is 14.9. The molecule has 146 valence electrons. The van der Waals surface area contributed by atoms with Crippen LogP contribution in [-0.2, 0) is 33.3 Å². The Balaban J connectivity index is 1.88. The minimum Gasteiger partial charge on any atom is -0.463 e. The number of ether oxygens (including phenoxy) is 4. The van der Waals surface area contributed by atoms with Crippen molar-refractivity contribution in [2.45, 2.75) is 44.4 Å². The first-order chi connectivity index (χ1) is 12.8. The van der Waals surface area contributed by atoms with E-state index in [0.29, 0.717) is 0 Å². The van der Waals surface area contributed by atoms with E-state index in [1.807, 2.05) is 0 Å². The average molecular weight is 381 g/mol. The van der Waals surface area contributed by atoms with Gasteiger partial charge in [-0.15, -0.1) is 0 Å². The number of amidine groups is 1. The van der Waals surface area contributed by atoms with Crippen LogP contribution in [0.25, 0.3) is 0 Å². The standard InChI is InChI=1S/C15H19N5O7/c1-6(21)25-4-8-10(24-3)11(26-7(2)22)14(27-8)20-5-17-9-12(20)18-15(16)19-13(9)23/h5,8-11,14H,4H2,1-3H3,(H2,16,19,23)/t8-,9?,10-,11-,14-/m1/s1. The van der Waals surface area contributed by atoms with E-state index in [2.05, 4.69) is 15.0 Å². The number of rotatable bonds is 5. The summed E-state index contributed by atoms with van der Waals surface area (Å²) in [6.45, 7) is 2.40. The van der Waals surface area contributed by atoms with E-state index in [1.165, 1.54) is 32.2 Å². The number of methoxy groups -OCH3 is 1. The van der Waals surface area contributed by atoms with Crippen molar-refractivity contribution in [3.05, 3.63) is 0 Å². The number of hydrogen-bond donors (Lipinski definition) is 1. The lowest BCUT2D eigenvalue weighted by molar-refractivity contribution is -0.156. The third-order valence-corrected chi connectivity index (χ3v) is 4.12. The van der Waals surface area contributed by atoms with Crippen LogP contribution < -0.4 is 5.73 Å². The van der Waals surface area contributed by atoms with Crippen molar-refractivity contribution in [1.82, 2.24) is 4.90 Å². The van der Waals surface area contributed by atoms with Crippen molar-refractivity contribution in [3.8, 4) is 0 Å². The van der Waals surface area contributed by atoms with Crippen LogP contribution in [0.4, 0.5) is 0 Å². The van der Waals surface area contributed by atoms with Gasteiger partial charge in [-0.1, -0.05) is 0 Å². The minimum atomic E-state index is -0.938. The SMILES string of the molecule is CO[C@H]1[C@@H](OC(C)=O)[C@H](N2C=NC3C(=O)N=C(N)N=C32)O[C@@H]1COC(C)=O. The van der Waals surface area contributed by atoms with Crippen LogP contribution in [0.1, 0.15) is 13.8 Å². The summed E-state index contributed by atoms with van der Waals surface area (Å²) in [6.07, 6.45) is -1.90. The second-order valence-corrected chi connectivity index (χ2v) is 5.99. The average Bonchev–Trinajstić information content (AvgIpc) is 3.13. The molecule has 2 N–H and O–H groups in total. The van der Waals surface area contributed by atoms with Gasteiger partial charge in [0.1, 0.15) is 18.8 Å². The maximum absolute atomic E-state index is 12.0. The summed E-state index contributed by atoms with van der Waals surface area (Å²) >= 11 is 0. The summed E-state index contributed by atoms with van der Waals surface area (Å²) in [7, 11) is 1.42. The Morgan fingerprint density at radius 2 is 2.00 bits per heavy atom. The van der Waals surface area contributed by atoms with Crippen LogP contribution in [0.5, 0.6) is 0 Å². The summed E-state index contributed by atoms with van der Waals surface area (Å²) in [6, 6.07) is -0.938. The lowest BCUT2D eigenvalue weighted by Gasteiger charge is -2.29. The Bertz CT molecular complexity index is 749. The molecule has 3 aliphatic heterocycles. The number of hydrogen-bond acceptors (Lipinski definition) is 11. The van der Waals surface area contributed by atoms with Crippen LogP contribution in [0.15, 0.2) is 15.0 Å². The van der Waals surface area contributed by atoms with E-state index in [9.17, 15) is 14.4 Å². The predicted octanol–water partition coefficient (Wildman–Crippen LogP) is -1.81.